The molecule has 23 heavy (non-hydrogen) atoms. The number of hydrogen-bond acceptors (Lipinski definition) is 4. The van der Waals surface area contributed by atoms with E-state index in [-0.39, 0.29) is 12.5 Å². The largest absolute Gasteiger partial charge is 0.484 e. The molecule has 0 fully saturated rings. The number of hydrogen-bond donors (Lipinski definition) is 2. The first kappa shape index (κ1) is 14.8. The zero-order valence-electron chi connectivity index (χ0n) is 12.3. The Kier molecular flexibility index (Phi) is 4.33. The molecule has 0 atom stereocenters. The Hall–Kier alpha value is -3.15. The molecule has 3 aromatic rings. The zero-order chi connectivity index (χ0) is 16.1. The molecule has 0 aliphatic rings. The number of amides is 1. The molecular formula is C17H15N3O3. The summed E-state index contributed by atoms with van der Waals surface area (Å²) in [6.07, 6.45) is 0.731. The summed E-state index contributed by atoms with van der Waals surface area (Å²) in [5, 5.41) is 2.73. The highest BCUT2D eigenvalue weighted by Crippen LogP contribution is 2.12. The van der Waals surface area contributed by atoms with Crippen LogP contribution in [0, 0.1) is 0 Å². The number of carbonyl (C=O) groups is 2. The van der Waals surface area contributed by atoms with Gasteiger partial charge in [0, 0.05) is 5.56 Å². The van der Waals surface area contributed by atoms with Crippen LogP contribution in [0.1, 0.15) is 16.2 Å². The third kappa shape index (κ3) is 3.74. The van der Waals surface area contributed by atoms with Crippen LogP contribution in [0.2, 0.25) is 0 Å². The van der Waals surface area contributed by atoms with Crippen molar-refractivity contribution in [1.82, 2.24) is 15.3 Å². The summed E-state index contributed by atoms with van der Waals surface area (Å²) >= 11 is 0. The van der Waals surface area contributed by atoms with E-state index in [2.05, 4.69) is 15.3 Å². The lowest BCUT2D eigenvalue weighted by atomic mass is 10.2. The molecule has 2 N–H and O–H groups in total. The SMILES string of the molecule is O=Cc1cccc(OCC(=O)NCc2nc3ccccc3[nH]2)c1. The Bertz CT molecular complexity index is 809. The molecule has 0 spiro atoms. The van der Waals surface area contributed by atoms with Crippen molar-refractivity contribution in [2.75, 3.05) is 6.61 Å². The van der Waals surface area contributed by atoms with Crippen molar-refractivity contribution in [2.45, 2.75) is 6.54 Å². The first-order valence-electron chi connectivity index (χ1n) is 7.13. The van der Waals surface area contributed by atoms with Gasteiger partial charge in [0.2, 0.25) is 0 Å². The fourth-order valence-electron chi connectivity index (χ4n) is 2.15. The van der Waals surface area contributed by atoms with Crippen LogP contribution in [0.5, 0.6) is 5.75 Å². The summed E-state index contributed by atoms with van der Waals surface area (Å²) in [6, 6.07) is 14.3. The van der Waals surface area contributed by atoms with E-state index in [1.54, 1.807) is 24.3 Å². The van der Waals surface area contributed by atoms with Crippen LogP contribution in [-0.4, -0.2) is 28.8 Å². The van der Waals surface area contributed by atoms with E-state index in [0.29, 0.717) is 23.7 Å². The number of aromatic amines is 1. The van der Waals surface area contributed by atoms with Gasteiger partial charge < -0.3 is 15.0 Å². The summed E-state index contributed by atoms with van der Waals surface area (Å²) < 4.78 is 5.36. The van der Waals surface area contributed by atoms with Crippen LogP contribution in [-0.2, 0) is 11.3 Å². The lowest BCUT2D eigenvalue weighted by molar-refractivity contribution is -0.123. The van der Waals surface area contributed by atoms with Crippen molar-refractivity contribution < 1.29 is 14.3 Å². The molecule has 0 saturated heterocycles. The van der Waals surface area contributed by atoms with Crippen LogP contribution in [0.25, 0.3) is 11.0 Å². The standard InChI is InChI=1S/C17H15N3O3/c21-10-12-4-3-5-13(8-12)23-11-17(22)18-9-16-19-14-6-1-2-7-15(14)20-16/h1-8,10H,9,11H2,(H,18,22)(H,19,20). The topological polar surface area (TPSA) is 84.1 Å². The molecule has 0 aliphatic carbocycles. The Morgan fingerprint density at radius 2 is 2.09 bits per heavy atom. The van der Waals surface area contributed by atoms with Gasteiger partial charge in [-0.05, 0) is 24.3 Å². The lowest BCUT2D eigenvalue weighted by Gasteiger charge is -2.06. The third-order valence-electron chi connectivity index (χ3n) is 3.26. The maximum absolute atomic E-state index is 11.8. The molecule has 6 nitrogen and oxygen atoms in total. The molecule has 0 saturated carbocycles. The number of imidazole rings is 1. The van der Waals surface area contributed by atoms with Gasteiger partial charge in [0.25, 0.3) is 5.91 Å². The quantitative estimate of drug-likeness (QED) is 0.683. The van der Waals surface area contributed by atoms with E-state index >= 15 is 0 Å². The average molecular weight is 309 g/mol. The number of benzene rings is 2. The molecule has 0 bridgehead atoms. The zero-order valence-corrected chi connectivity index (χ0v) is 12.3. The monoisotopic (exact) mass is 309 g/mol. The highest BCUT2D eigenvalue weighted by Gasteiger charge is 2.06. The number of nitrogens with zero attached hydrogens (tertiary/aromatic N) is 1. The van der Waals surface area contributed by atoms with Gasteiger partial charge >= 0.3 is 0 Å². The molecule has 1 amide bonds. The molecule has 2 aromatic carbocycles. The lowest BCUT2D eigenvalue weighted by Crippen LogP contribution is -2.28. The minimum absolute atomic E-state index is 0.122. The summed E-state index contributed by atoms with van der Waals surface area (Å²) in [7, 11) is 0. The fourth-order valence-corrected chi connectivity index (χ4v) is 2.15. The number of H-pyrrole nitrogens is 1. The normalized spacial score (nSPS) is 10.4. The number of rotatable bonds is 6. The number of carbonyl (C=O) groups excluding carboxylic acids is 2. The molecule has 1 aromatic heterocycles. The molecule has 0 aliphatic heterocycles. The summed E-state index contributed by atoms with van der Waals surface area (Å²) in [4.78, 5) is 30.0. The second kappa shape index (κ2) is 6.74. The van der Waals surface area contributed by atoms with Gasteiger partial charge in [-0.15, -0.1) is 0 Å². The van der Waals surface area contributed by atoms with E-state index < -0.39 is 0 Å². The maximum atomic E-state index is 11.8. The number of ether oxygens (including phenoxy) is 1. The van der Waals surface area contributed by atoms with Gasteiger partial charge in [-0.3, -0.25) is 9.59 Å². The molecule has 6 heteroatoms. The van der Waals surface area contributed by atoms with Crippen molar-refractivity contribution in [2.24, 2.45) is 0 Å². The molecule has 0 unspecified atom stereocenters. The number of nitrogens with one attached hydrogen (secondary N) is 2. The first-order chi connectivity index (χ1) is 11.2. The minimum atomic E-state index is -0.262. The van der Waals surface area contributed by atoms with Gasteiger partial charge in [-0.25, -0.2) is 4.98 Å². The highest BCUT2D eigenvalue weighted by atomic mass is 16.5. The molecule has 116 valence electrons. The Labute approximate surface area is 132 Å². The Balaban J connectivity index is 1.52. The summed E-state index contributed by atoms with van der Waals surface area (Å²) in [5.41, 5.74) is 2.29. The van der Waals surface area contributed by atoms with Crippen molar-refractivity contribution in [3.63, 3.8) is 0 Å². The average Bonchev–Trinajstić information content (AvgIpc) is 3.01. The maximum Gasteiger partial charge on any atom is 0.258 e. The smallest absolute Gasteiger partial charge is 0.258 e. The number of aromatic nitrogens is 2. The molecular weight excluding hydrogens is 294 g/mol. The Morgan fingerprint density at radius 3 is 2.91 bits per heavy atom. The van der Waals surface area contributed by atoms with E-state index in [9.17, 15) is 9.59 Å². The molecule has 1 heterocycles. The second-order valence-electron chi connectivity index (χ2n) is 4.96. The van der Waals surface area contributed by atoms with E-state index in [1.807, 2.05) is 24.3 Å². The van der Waals surface area contributed by atoms with Crippen molar-refractivity contribution in [3.05, 3.63) is 59.9 Å². The van der Waals surface area contributed by atoms with Crippen LogP contribution >= 0.6 is 0 Å². The van der Waals surface area contributed by atoms with E-state index in [4.69, 9.17) is 4.74 Å². The van der Waals surface area contributed by atoms with Gasteiger partial charge in [-0.1, -0.05) is 24.3 Å². The van der Waals surface area contributed by atoms with Gasteiger partial charge in [0.05, 0.1) is 17.6 Å². The molecule has 0 radical (unpaired) electrons. The van der Waals surface area contributed by atoms with E-state index in [1.165, 1.54) is 0 Å². The van der Waals surface area contributed by atoms with Gasteiger partial charge in [-0.2, -0.15) is 0 Å². The number of fused-ring (bicyclic) bond motifs is 1. The third-order valence-corrected chi connectivity index (χ3v) is 3.26. The highest BCUT2D eigenvalue weighted by molar-refractivity contribution is 5.78. The predicted molar refractivity (Wildman–Crippen MR) is 85.3 cm³/mol. The van der Waals surface area contributed by atoms with Crippen molar-refractivity contribution in [3.8, 4) is 5.75 Å². The predicted octanol–water partition coefficient (Wildman–Crippen LogP) is 2.07. The van der Waals surface area contributed by atoms with Crippen molar-refractivity contribution >= 4 is 23.2 Å². The fraction of sp³-hybridized carbons (Fsp3) is 0.118. The van der Waals surface area contributed by atoms with Crippen LogP contribution in [0.4, 0.5) is 0 Å². The first-order valence-corrected chi connectivity index (χ1v) is 7.13. The van der Waals surface area contributed by atoms with Crippen LogP contribution < -0.4 is 10.1 Å². The number of para-hydroxylation sites is 2. The van der Waals surface area contributed by atoms with Gasteiger partial charge in [0.15, 0.2) is 6.61 Å². The summed E-state index contributed by atoms with van der Waals surface area (Å²) in [6.45, 7) is 0.174. The van der Waals surface area contributed by atoms with Crippen molar-refractivity contribution in [1.29, 1.82) is 0 Å². The number of aldehydes is 1. The van der Waals surface area contributed by atoms with Crippen LogP contribution in [0.15, 0.2) is 48.5 Å². The van der Waals surface area contributed by atoms with Crippen LogP contribution in [0.3, 0.4) is 0 Å². The Morgan fingerprint density at radius 1 is 1.22 bits per heavy atom. The second-order valence-corrected chi connectivity index (χ2v) is 4.96. The minimum Gasteiger partial charge on any atom is -0.484 e. The van der Waals surface area contributed by atoms with Gasteiger partial charge in [0.1, 0.15) is 17.9 Å². The summed E-state index contributed by atoms with van der Waals surface area (Å²) in [5.74, 6) is 0.901. The van der Waals surface area contributed by atoms with E-state index in [0.717, 1.165) is 17.3 Å². The molecule has 3 rings (SSSR count).